The second-order valence-electron chi connectivity index (χ2n) is 6.19. The quantitative estimate of drug-likeness (QED) is 0.921. The first kappa shape index (κ1) is 14.5. The molecule has 0 bridgehead atoms. The van der Waals surface area contributed by atoms with E-state index >= 15 is 0 Å². The third kappa shape index (κ3) is 2.56. The lowest BCUT2D eigenvalue weighted by molar-refractivity contribution is -0.141. The summed E-state index contributed by atoms with van der Waals surface area (Å²) in [6.07, 6.45) is 1.61. The van der Waals surface area contributed by atoms with Crippen molar-refractivity contribution >= 4 is 5.97 Å². The Bertz CT molecular complexity index is 555. The third-order valence-electron chi connectivity index (χ3n) is 4.93. The van der Waals surface area contributed by atoms with Gasteiger partial charge in [0.1, 0.15) is 5.82 Å². The Morgan fingerprint density at radius 2 is 2.05 bits per heavy atom. The summed E-state index contributed by atoms with van der Waals surface area (Å²) < 4.78 is 13.4. The fourth-order valence-corrected chi connectivity index (χ4v) is 3.81. The monoisotopic (exact) mass is 292 g/mol. The van der Waals surface area contributed by atoms with Crippen LogP contribution in [0.5, 0.6) is 0 Å². The number of likely N-dealkylation sites (N-methyl/N-ethyl adjacent to an activating group) is 1. The van der Waals surface area contributed by atoms with Gasteiger partial charge < -0.3 is 10.0 Å². The fraction of sp³-hybridized carbons (Fsp3) is 0.562. The van der Waals surface area contributed by atoms with E-state index in [0.717, 1.165) is 50.1 Å². The van der Waals surface area contributed by atoms with Crippen LogP contribution in [0.15, 0.2) is 18.2 Å². The van der Waals surface area contributed by atoms with Gasteiger partial charge >= 0.3 is 5.97 Å². The normalized spacial score (nSPS) is 26.8. The number of carboxylic acid groups (broad SMARTS) is 1. The minimum atomic E-state index is -0.786. The molecule has 4 nitrogen and oxygen atoms in total. The molecule has 5 heteroatoms. The maximum Gasteiger partial charge on any atom is 0.305 e. The zero-order chi connectivity index (χ0) is 15.0. The number of fused-ring (bicyclic) bond motifs is 1. The zero-order valence-corrected chi connectivity index (χ0v) is 12.3. The van der Waals surface area contributed by atoms with E-state index in [1.807, 2.05) is 0 Å². The Kier molecular flexibility index (Phi) is 3.71. The summed E-state index contributed by atoms with van der Waals surface area (Å²) in [6.45, 7) is 3.61. The number of benzene rings is 1. The van der Waals surface area contributed by atoms with E-state index in [2.05, 4.69) is 16.8 Å². The van der Waals surface area contributed by atoms with Crippen molar-refractivity contribution in [2.24, 2.45) is 0 Å². The molecule has 0 saturated carbocycles. The van der Waals surface area contributed by atoms with Crippen LogP contribution in [0.1, 0.15) is 24.0 Å². The number of aryl methyl sites for hydroxylation is 1. The second-order valence-corrected chi connectivity index (χ2v) is 6.19. The summed E-state index contributed by atoms with van der Waals surface area (Å²) in [5.74, 6) is -1.02. The predicted molar refractivity (Wildman–Crippen MR) is 77.7 cm³/mol. The highest BCUT2D eigenvalue weighted by atomic mass is 19.1. The van der Waals surface area contributed by atoms with Crippen LogP contribution < -0.4 is 0 Å². The lowest BCUT2D eigenvalue weighted by Gasteiger charge is -2.45. The molecule has 2 aliphatic rings. The average Bonchev–Trinajstić information content (AvgIpc) is 2.78. The number of nitrogens with zero attached hydrogens (tertiary/aromatic N) is 2. The molecule has 1 fully saturated rings. The largest absolute Gasteiger partial charge is 0.481 e. The maximum absolute atomic E-state index is 13.4. The number of carboxylic acids is 1. The highest BCUT2D eigenvalue weighted by molar-refractivity contribution is 5.69. The van der Waals surface area contributed by atoms with E-state index in [-0.39, 0.29) is 12.2 Å². The van der Waals surface area contributed by atoms with Gasteiger partial charge in [0.2, 0.25) is 0 Å². The van der Waals surface area contributed by atoms with Crippen molar-refractivity contribution in [3.63, 3.8) is 0 Å². The number of carbonyl (C=O) groups is 1. The van der Waals surface area contributed by atoms with Crippen LogP contribution in [0.4, 0.5) is 4.39 Å². The molecule has 21 heavy (non-hydrogen) atoms. The molecule has 1 unspecified atom stereocenters. The predicted octanol–water partition coefficient (Wildman–Crippen LogP) is 1.69. The smallest absolute Gasteiger partial charge is 0.305 e. The SMILES string of the molecule is CN1CCN(C2(CC(=O)O)CCc3cc(F)ccc32)CC1. The molecule has 114 valence electrons. The van der Waals surface area contributed by atoms with Gasteiger partial charge in [0.25, 0.3) is 0 Å². The summed E-state index contributed by atoms with van der Waals surface area (Å²) in [7, 11) is 2.08. The molecule has 0 radical (unpaired) electrons. The van der Waals surface area contributed by atoms with Crippen LogP contribution in [0.25, 0.3) is 0 Å². The van der Waals surface area contributed by atoms with Gasteiger partial charge in [-0.1, -0.05) is 6.07 Å². The Morgan fingerprint density at radius 3 is 2.71 bits per heavy atom. The summed E-state index contributed by atoms with van der Waals surface area (Å²) in [5.41, 5.74) is 1.52. The van der Waals surface area contributed by atoms with Crippen molar-refractivity contribution in [3.05, 3.63) is 35.1 Å². The molecule has 1 aliphatic heterocycles. The van der Waals surface area contributed by atoms with Gasteiger partial charge in [-0.25, -0.2) is 4.39 Å². The molecule has 0 amide bonds. The Hall–Kier alpha value is -1.46. The second kappa shape index (κ2) is 5.39. The Morgan fingerprint density at radius 1 is 1.33 bits per heavy atom. The van der Waals surface area contributed by atoms with Crippen LogP contribution in [0.2, 0.25) is 0 Å². The summed E-state index contributed by atoms with van der Waals surface area (Å²) in [5, 5.41) is 9.39. The first-order valence-corrected chi connectivity index (χ1v) is 7.45. The third-order valence-corrected chi connectivity index (χ3v) is 4.93. The van der Waals surface area contributed by atoms with Crippen LogP contribution in [0, 0.1) is 5.82 Å². The van der Waals surface area contributed by atoms with Crippen molar-refractivity contribution in [2.45, 2.75) is 24.8 Å². The molecular formula is C16H21FN2O2. The zero-order valence-electron chi connectivity index (χ0n) is 12.3. The number of halogens is 1. The molecule has 1 heterocycles. The lowest BCUT2D eigenvalue weighted by atomic mass is 9.85. The lowest BCUT2D eigenvalue weighted by Crippen LogP contribution is -2.54. The van der Waals surface area contributed by atoms with Gasteiger partial charge in [-0.2, -0.15) is 0 Å². The van der Waals surface area contributed by atoms with E-state index < -0.39 is 11.5 Å². The molecule has 1 atom stereocenters. The van der Waals surface area contributed by atoms with E-state index in [9.17, 15) is 14.3 Å². The van der Waals surface area contributed by atoms with Crippen molar-refractivity contribution in [1.82, 2.24) is 9.80 Å². The summed E-state index contributed by atoms with van der Waals surface area (Å²) in [6, 6.07) is 4.81. The van der Waals surface area contributed by atoms with E-state index in [1.54, 1.807) is 12.1 Å². The average molecular weight is 292 g/mol. The molecular weight excluding hydrogens is 271 g/mol. The van der Waals surface area contributed by atoms with Gasteiger partial charge in [-0.3, -0.25) is 9.69 Å². The minimum absolute atomic E-state index is 0.0926. The Labute approximate surface area is 124 Å². The van der Waals surface area contributed by atoms with Gasteiger partial charge in [0.05, 0.1) is 12.0 Å². The molecule has 1 aliphatic carbocycles. The molecule has 0 spiro atoms. The summed E-state index contributed by atoms with van der Waals surface area (Å²) >= 11 is 0. The number of piperazine rings is 1. The van der Waals surface area contributed by atoms with Crippen LogP contribution in [-0.4, -0.2) is 54.1 Å². The molecule has 1 saturated heterocycles. The van der Waals surface area contributed by atoms with Gasteiger partial charge in [0, 0.05) is 26.2 Å². The first-order valence-electron chi connectivity index (χ1n) is 7.45. The minimum Gasteiger partial charge on any atom is -0.481 e. The van der Waals surface area contributed by atoms with Gasteiger partial charge in [-0.05, 0) is 43.1 Å². The van der Waals surface area contributed by atoms with E-state index in [0.29, 0.717) is 0 Å². The maximum atomic E-state index is 13.4. The van der Waals surface area contributed by atoms with Crippen molar-refractivity contribution < 1.29 is 14.3 Å². The van der Waals surface area contributed by atoms with Gasteiger partial charge in [-0.15, -0.1) is 0 Å². The fourth-order valence-electron chi connectivity index (χ4n) is 3.81. The van der Waals surface area contributed by atoms with Crippen LogP contribution >= 0.6 is 0 Å². The summed E-state index contributed by atoms with van der Waals surface area (Å²) in [4.78, 5) is 16.0. The molecule has 1 N–H and O–H groups in total. The van der Waals surface area contributed by atoms with E-state index in [1.165, 1.54) is 6.07 Å². The molecule has 3 rings (SSSR count). The first-order chi connectivity index (χ1) is 10.0. The van der Waals surface area contributed by atoms with Crippen molar-refractivity contribution in [1.29, 1.82) is 0 Å². The van der Waals surface area contributed by atoms with Crippen LogP contribution in [0.3, 0.4) is 0 Å². The van der Waals surface area contributed by atoms with Gasteiger partial charge in [0.15, 0.2) is 0 Å². The number of hydrogen-bond acceptors (Lipinski definition) is 3. The Balaban J connectivity index is 1.98. The standard InChI is InChI=1S/C16H21FN2O2/c1-18-6-8-19(9-7-18)16(11-15(20)21)5-4-12-10-13(17)2-3-14(12)16/h2-3,10H,4-9,11H2,1H3,(H,20,21). The van der Waals surface area contributed by atoms with Crippen LogP contribution in [-0.2, 0) is 16.8 Å². The van der Waals surface area contributed by atoms with Crippen molar-refractivity contribution in [2.75, 3.05) is 33.2 Å². The number of rotatable bonds is 3. The highest BCUT2D eigenvalue weighted by Crippen LogP contribution is 2.44. The van der Waals surface area contributed by atoms with E-state index in [4.69, 9.17) is 0 Å². The number of hydrogen-bond donors (Lipinski definition) is 1. The topological polar surface area (TPSA) is 43.8 Å². The number of aliphatic carboxylic acids is 1. The molecule has 1 aromatic carbocycles. The molecule has 1 aromatic rings. The highest BCUT2D eigenvalue weighted by Gasteiger charge is 2.45. The molecule has 0 aromatic heterocycles. The van der Waals surface area contributed by atoms with Crippen molar-refractivity contribution in [3.8, 4) is 0 Å².